The number of likely N-dealkylation sites (tertiary alicyclic amines) is 1. The molecule has 1 aromatic carbocycles. The minimum absolute atomic E-state index is 0.559. The van der Waals surface area contributed by atoms with E-state index in [1.165, 1.54) is 44.3 Å². The van der Waals surface area contributed by atoms with E-state index >= 15 is 0 Å². The zero-order valence-corrected chi connectivity index (χ0v) is 12.1. The molecule has 0 radical (unpaired) electrons. The van der Waals surface area contributed by atoms with Crippen LogP contribution in [0.15, 0.2) is 24.3 Å². The Kier molecular flexibility index (Phi) is 3.41. The van der Waals surface area contributed by atoms with Crippen molar-refractivity contribution in [3.05, 3.63) is 29.8 Å². The van der Waals surface area contributed by atoms with Crippen molar-refractivity contribution in [2.75, 3.05) is 19.7 Å². The molecule has 1 saturated carbocycles. The highest BCUT2D eigenvalue weighted by Gasteiger charge is 2.32. The van der Waals surface area contributed by atoms with E-state index in [0.717, 1.165) is 24.8 Å². The van der Waals surface area contributed by atoms with Gasteiger partial charge in [0.15, 0.2) is 0 Å². The third-order valence-corrected chi connectivity index (χ3v) is 4.87. The molecule has 0 aromatic heterocycles. The van der Waals surface area contributed by atoms with Gasteiger partial charge in [0.2, 0.25) is 0 Å². The molecule has 1 saturated heterocycles. The lowest BCUT2D eigenvalue weighted by Gasteiger charge is -2.41. The molecule has 2 unspecified atom stereocenters. The molecule has 0 bridgehead atoms. The molecule has 3 nitrogen and oxygen atoms in total. The van der Waals surface area contributed by atoms with Gasteiger partial charge in [-0.05, 0) is 38.3 Å². The summed E-state index contributed by atoms with van der Waals surface area (Å²) < 4.78 is 5.80. The standard InChI is InChI=1S/C17H24N2O/c1-2-6-17-15(5-1)16(9-11-20-17)19-10-3-4-14(12-19)18-13-7-8-13/h1-2,5-6,13-14,16,18H,3-4,7-12H2. The highest BCUT2D eigenvalue weighted by Crippen LogP contribution is 2.37. The summed E-state index contributed by atoms with van der Waals surface area (Å²) in [6.45, 7) is 3.30. The number of hydrogen-bond acceptors (Lipinski definition) is 3. The maximum Gasteiger partial charge on any atom is 0.124 e. The first-order valence-electron chi connectivity index (χ1n) is 8.12. The number of ether oxygens (including phenoxy) is 1. The Hall–Kier alpha value is -1.06. The van der Waals surface area contributed by atoms with Gasteiger partial charge in [0.05, 0.1) is 6.61 Å². The zero-order valence-electron chi connectivity index (χ0n) is 12.1. The maximum absolute atomic E-state index is 5.80. The molecule has 2 aliphatic heterocycles. The Morgan fingerprint density at radius 2 is 1.95 bits per heavy atom. The molecular formula is C17H24N2O. The number of nitrogens with zero attached hydrogens (tertiary/aromatic N) is 1. The first kappa shape index (κ1) is 12.7. The van der Waals surface area contributed by atoms with E-state index in [0.29, 0.717) is 12.1 Å². The van der Waals surface area contributed by atoms with Gasteiger partial charge >= 0.3 is 0 Å². The fraction of sp³-hybridized carbons (Fsp3) is 0.647. The Bertz CT molecular complexity index is 472. The average molecular weight is 272 g/mol. The van der Waals surface area contributed by atoms with Gasteiger partial charge in [-0.15, -0.1) is 0 Å². The normalized spacial score (nSPS) is 30.6. The second-order valence-electron chi connectivity index (χ2n) is 6.47. The molecule has 20 heavy (non-hydrogen) atoms. The summed E-state index contributed by atoms with van der Waals surface area (Å²) >= 11 is 0. The predicted octanol–water partition coefficient (Wildman–Crippen LogP) is 2.73. The van der Waals surface area contributed by atoms with Crippen molar-refractivity contribution in [2.45, 2.75) is 50.2 Å². The van der Waals surface area contributed by atoms with Crippen LogP contribution in [-0.2, 0) is 0 Å². The van der Waals surface area contributed by atoms with Crippen LogP contribution >= 0.6 is 0 Å². The van der Waals surface area contributed by atoms with Crippen LogP contribution in [0, 0.1) is 0 Å². The zero-order chi connectivity index (χ0) is 13.4. The fourth-order valence-corrected chi connectivity index (χ4v) is 3.71. The van der Waals surface area contributed by atoms with Crippen molar-refractivity contribution in [3.63, 3.8) is 0 Å². The van der Waals surface area contributed by atoms with Crippen LogP contribution in [0.25, 0.3) is 0 Å². The van der Waals surface area contributed by atoms with Gasteiger partial charge in [-0.3, -0.25) is 4.90 Å². The van der Waals surface area contributed by atoms with Crippen LogP contribution in [-0.4, -0.2) is 36.7 Å². The number of benzene rings is 1. The molecular weight excluding hydrogens is 248 g/mol. The summed E-state index contributed by atoms with van der Waals surface area (Å²) in [5.74, 6) is 1.10. The molecule has 3 heteroatoms. The summed E-state index contributed by atoms with van der Waals surface area (Å²) in [5.41, 5.74) is 1.39. The number of para-hydroxylation sites is 1. The monoisotopic (exact) mass is 272 g/mol. The van der Waals surface area contributed by atoms with Gasteiger partial charge in [0.1, 0.15) is 5.75 Å². The van der Waals surface area contributed by atoms with Gasteiger partial charge in [-0.25, -0.2) is 0 Å². The van der Waals surface area contributed by atoms with Crippen LogP contribution in [0.2, 0.25) is 0 Å². The molecule has 3 aliphatic rings. The summed E-state index contributed by atoms with van der Waals surface area (Å²) in [5, 5.41) is 3.81. The Labute approximate surface area is 121 Å². The molecule has 2 fully saturated rings. The van der Waals surface area contributed by atoms with Gasteiger partial charge in [-0.1, -0.05) is 18.2 Å². The second kappa shape index (κ2) is 5.38. The second-order valence-corrected chi connectivity index (χ2v) is 6.47. The Morgan fingerprint density at radius 3 is 2.85 bits per heavy atom. The molecule has 1 aliphatic carbocycles. The highest BCUT2D eigenvalue weighted by atomic mass is 16.5. The number of piperidine rings is 1. The van der Waals surface area contributed by atoms with E-state index in [1.807, 2.05) is 0 Å². The van der Waals surface area contributed by atoms with E-state index in [1.54, 1.807) is 0 Å². The van der Waals surface area contributed by atoms with E-state index in [9.17, 15) is 0 Å². The molecule has 1 N–H and O–H groups in total. The van der Waals surface area contributed by atoms with Gasteiger partial charge in [0, 0.05) is 36.7 Å². The van der Waals surface area contributed by atoms with Crippen LogP contribution < -0.4 is 10.1 Å². The molecule has 1 aromatic rings. The lowest BCUT2D eigenvalue weighted by Crippen LogP contribution is -2.48. The maximum atomic E-state index is 5.80. The minimum atomic E-state index is 0.559. The Balaban J connectivity index is 1.49. The number of hydrogen-bond donors (Lipinski definition) is 1. The third-order valence-electron chi connectivity index (χ3n) is 4.87. The lowest BCUT2D eigenvalue weighted by molar-refractivity contribution is 0.102. The molecule has 0 amide bonds. The van der Waals surface area contributed by atoms with Gasteiger partial charge < -0.3 is 10.1 Å². The molecule has 4 rings (SSSR count). The topological polar surface area (TPSA) is 24.5 Å². The van der Waals surface area contributed by atoms with Crippen molar-refractivity contribution in [1.82, 2.24) is 10.2 Å². The number of fused-ring (bicyclic) bond motifs is 1. The summed E-state index contributed by atoms with van der Waals surface area (Å²) in [4.78, 5) is 2.69. The predicted molar refractivity (Wildman–Crippen MR) is 80.0 cm³/mol. The highest BCUT2D eigenvalue weighted by molar-refractivity contribution is 5.37. The van der Waals surface area contributed by atoms with Crippen molar-refractivity contribution in [1.29, 1.82) is 0 Å². The van der Waals surface area contributed by atoms with Crippen molar-refractivity contribution >= 4 is 0 Å². The molecule has 2 heterocycles. The first-order chi connectivity index (χ1) is 9.90. The summed E-state index contributed by atoms with van der Waals surface area (Å²) in [6.07, 6.45) is 6.57. The largest absolute Gasteiger partial charge is 0.493 e. The summed E-state index contributed by atoms with van der Waals surface area (Å²) in [6, 6.07) is 10.7. The van der Waals surface area contributed by atoms with Crippen molar-refractivity contribution in [2.24, 2.45) is 0 Å². The van der Waals surface area contributed by atoms with Gasteiger partial charge in [-0.2, -0.15) is 0 Å². The minimum Gasteiger partial charge on any atom is -0.493 e. The number of rotatable bonds is 3. The molecule has 108 valence electrons. The van der Waals surface area contributed by atoms with E-state index < -0.39 is 0 Å². The molecule has 0 spiro atoms. The average Bonchev–Trinajstić information content (AvgIpc) is 3.31. The van der Waals surface area contributed by atoms with E-state index in [4.69, 9.17) is 4.74 Å². The van der Waals surface area contributed by atoms with E-state index in [2.05, 4.69) is 34.5 Å². The Morgan fingerprint density at radius 1 is 1.05 bits per heavy atom. The lowest BCUT2D eigenvalue weighted by atomic mass is 9.95. The van der Waals surface area contributed by atoms with Crippen LogP contribution in [0.4, 0.5) is 0 Å². The van der Waals surface area contributed by atoms with Crippen LogP contribution in [0.3, 0.4) is 0 Å². The summed E-state index contributed by atoms with van der Waals surface area (Å²) in [7, 11) is 0. The molecule has 2 atom stereocenters. The first-order valence-corrected chi connectivity index (χ1v) is 8.12. The quantitative estimate of drug-likeness (QED) is 0.915. The third kappa shape index (κ3) is 2.57. The number of nitrogens with one attached hydrogen (secondary N) is 1. The van der Waals surface area contributed by atoms with Crippen LogP contribution in [0.1, 0.15) is 43.7 Å². The van der Waals surface area contributed by atoms with E-state index in [-0.39, 0.29) is 0 Å². The smallest absolute Gasteiger partial charge is 0.124 e. The van der Waals surface area contributed by atoms with Gasteiger partial charge in [0.25, 0.3) is 0 Å². The fourth-order valence-electron chi connectivity index (χ4n) is 3.71. The van der Waals surface area contributed by atoms with Crippen LogP contribution in [0.5, 0.6) is 5.75 Å². The van der Waals surface area contributed by atoms with Crippen molar-refractivity contribution in [3.8, 4) is 5.75 Å². The SMILES string of the molecule is c1ccc2c(c1)OCCC2N1CCCC(NC2CC2)C1. The van der Waals surface area contributed by atoms with Crippen molar-refractivity contribution < 1.29 is 4.74 Å².